The number of hydrogen-bond donors (Lipinski definition) is 1. The fourth-order valence-corrected chi connectivity index (χ4v) is 1.81. The molecule has 72 valence electrons. The minimum absolute atomic E-state index is 0.531. The maximum Gasteiger partial charge on any atom is 0.133 e. The van der Waals surface area contributed by atoms with Gasteiger partial charge in [0, 0.05) is 11.3 Å². The Bertz CT molecular complexity index is 365. The van der Waals surface area contributed by atoms with Gasteiger partial charge in [-0.05, 0) is 25.7 Å². The summed E-state index contributed by atoms with van der Waals surface area (Å²) in [5.74, 6) is 3.48. The van der Waals surface area contributed by atoms with Crippen LogP contribution in [-0.4, -0.2) is 16.5 Å². The lowest BCUT2D eigenvalue weighted by atomic mass is 9.96. The number of anilines is 1. The van der Waals surface area contributed by atoms with Crippen molar-refractivity contribution < 1.29 is 0 Å². The summed E-state index contributed by atoms with van der Waals surface area (Å²) in [7, 11) is 0. The molecule has 14 heavy (non-hydrogen) atoms. The van der Waals surface area contributed by atoms with E-state index >= 15 is 0 Å². The first-order chi connectivity index (χ1) is 6.92. The van der Waals surface area contributed by atoms with Gasteiger partial charge < -0.3 is 5.32 Å². The van der Waals surface area contributed by atoms with Crippen LogP contribution in [0, 0.1) is 12.3 Å². The Labute approximate surface area is 84.0 Å². The Morgan fingerprint density at radius 2 is 2.21 bits per heavy atom. The van der Waals surface area contributed by atoms with Gasteiger partial charge in [-0.15, -0.1) is 6.42 Å². The summed E-state index contributed by atoms with van der Waals surface area (Å²) in [6.45, 7) is 0.531. The first kappa shape index (κ1) is 9.01. The van der Waals surface area contributed by atoms with E-state index in [0.29, 0.717) is 6.54 Å². The molecule has 0 saturated carbocycles. The SMILES string of the molecule is C#CCNc1ncnc2c1CCCC2. The third kappa shape index (κ3) is 1.69. The van der Waals surface area contributed by atoms with Crippen LogP contribution in [0.25, 0.3) is 0 Å². The maximum absolute atomic E-state index is 5.20. The molecular formula is C11H13N3. The summed E-state index contributed by atoms with van der Waals surface area (Å²) in [5, 5.41) is 3.14. The maximum atomic E-state index is 5.20. The number of rotatable bonds is 2. The van der Waals surface area contributed by atoms with E-state index in [0.717, 1.165) is 18.7 Å². The van der Waals surface area contributed by atoms with E-state index in [2.05, 4.69) is 21.2 Å². The molecule has 0 fully saturated rings. The first-order valence-corrected chi connectivity index (χ1v) is 4.92. The first-order valence-electron chi connectivity index (χ1n) is 4.92. The summed E-state index contributed by atoms with van der Waals surface area (Å²) in [6.07, 6.45) is 11.4. The molecule has 0 unspecified atom stereocenters. The average molecular weight is 187 g/mol. The van der Waals surface area contributed by atoms with Crippen molar-refractivity contribution in [1.82, 2.24) is 9.97 Å². The van der Waals surface area contributed by atoms with E-state index in [9.17, 15) is 0 Å². The predicted molar refractivity (Wildman–Crippen MR) is 56.0 cm³/mol. The van der Waals surface area contributed by atoms with Crippen LogP contribution in [0.15, 0.2) is 6.33 Å². The molecule has 0 amide bonds. The molecule has 1 heterocycles. The third-order valence-corrected chi connectivity index (χ3v) is 2.48. The van der Waals surface area contributed by atoms with Crippen molar-refractivity contribution in [3.05, 3.63) is 17.6 Å². The lowest BCUT2D eigenvalue weighted by molar-refractivity contribution is 0.663. The fraction of sp³-hybridized carbons (Fsp3) is 0.455. The summed E-state index contributed by atoms with van der Waals surface area (Å²) in [5.41, 5.74) is 2.44. The number of aromatic nitrogens is 2. The quantitative estimate of drug-likeness (QED) is 0.711. The van der Waals surface area contributed by atoms with Crippen LogP contribution >= 0.6 is 0 Å². The highest BCUT2D eigenvalue weighted by Gasteiger charge is 2.14. The largest absolute Gasteiger partial charge is 0.359 e. The number of nitrogens with zero attached hydrogens (tertiary/aromatic N) is 2. The molecule has 2 rings (SSSR count). The van der Waals surface area contributed by atoms with Crippen LogP contribution < -0.4 is 5.32 Å². The Balaban J connectivity index is 2.27. The van der Waals surface area contributed by atoms with Crippen LogP contribution in [0.1, 0.15) is 24.1 Å². The van der Waals surface area contributed by atoms with Crippen LogP contribution in [0.5, 0.6) is 0 Å². The van der Waals surface area contributed by atoms with E-state index in [4.69, 9.17) is 6.42 Å². The van der Waals surface area contributed by atoms with Gasteiger partial charge in [-0.2, -0.15) is 0 Å². The zero-order chi connectivity index (χ0) is 9.80. The van der Waals surface area contributed by atoms with Gasteiger partial charge >= 0.3 is 0 Å². The Hall–Kier alpha value is -1.56. The molecule has 0 bridgehead atoms. The van der Waals surface area contributed by atoms with Gasteiger partial charge in [0.25, 0.3) is 0 Å². The zero-order valence-corrected chi connectivity index (χ0v) is 8.08. The van der Waals surface area contributed by atoms with Gasteiger partial charge in [-0.3, -0.25) is 0 Å². The summed E-state index contributed by atoms with van der Waals surface area (Å²) < 4.78 is 0. The highest BCUT2D eigenvalue weighted by molar-refractivity contribution is 5.47. The molecule has 0 saturated heterocycles. The summed E-state index contributed by atoms with van der Waals surface area (Å²) >= 11 is 0. The van der Waals surface area contributed by atoms with Crippen molar-refractivity contribution in [1.29, 1.82) is 0 Å². The Morgan fingerprint density at radius 3 is 3.07 bits per heavy atom. The average Bonchev–Trinajstić information content (AvgIpc) is 2.26. The highest BCUT2D eigenvalue weighted by Crippen LogP contribution is 2.23. The predicted octanol–water partition coefficient (Wildman–Crippen LogP) is 1.40. The van der Waals surface area contributed by atoms with E-state index in [1.54, 1.807) is 6.33 Å². The van der Waals surface area contributed by atoms with E-state index in [1.807, 2.05) is 0 Å². The Morgan fingerprint density at radius 1 is 1.36 bits per heavy atom. The van der Waals surface area contributed by atoms with Crippen LogP contribution in [0.2, 0.25) is 0 Å². The second-order valence-corrected chi connectivity index (χ2v) is 3.41. The van der Waals surface area contributed by atoms with Gasteiger partial charge in [-0.1, -0.05) is 5.92 Å². The number of aryl methyl sites for hydroxylation is 1. The topological polar surface area (TPSA) is 37.8 Å². The lowest BCUT2D eigenvalue weighted by Gasteiger charge is -2.17. The van der Waals surface area contributed by atoms with Crippen molar-refractivity contribution in [2.75, 3.05) is 11.9 Å². The number of terminal acetylenes is 1. The van der Waals surface area contributed by atoms with E-state index in [1.165, 1.54) is 24.1 Å². The second kappa shape index (κ2) is 4.10. The second-order valence-electron chi connectivity index (χ2n) is 3.41. The van der Waals surface area contributed by atoms with Crippen LogP contribution in [-0.2, 0) is 12.8 Å². The molecule has 1 aromatic heterocycles. The van der Waals surface area contributed by atoms with Gasteiger partial charge in [0.15, 0.2) is 0 Å². The number of fused-ring (bicyclic) bond motifs is 1. The molecular weight excluding hydrogens is 174 g/mol. The van der Waals surface area contributed by atoms with Crippen molar-refractivity contribution >= 4 is 5.82 Å². The van der Waals surface area contributed by atoms with E-state index in [-0.39, 0.29) is 0 Å². The molecule has 0 radical (unpaired) electrons. The fourth-order valence-electron chi connectivity index (χ4n) is 1.81. The van der Waals surface area contributed by atoms with Crippen molar-refractivity contribution in [2.24, 2.45) is 0 Å². The molecule has 1 aliphatic rings. The zero-order valence-electron chi connectivity index (χ0n) is 8.08. The third-order valence-electron chi connectivity index (χ3n) is 2.48. The standard InChI is InChI=1S/C11H13N3/c1-2-7-12-11-9-5-3-4-6-10(9)13-8-14-11/h1,8H,3-7H2,(H,12,13,14). The highest BCUT2D eigenvalue weighted by atomic mass is 15.0. The molecule has 0 aromatic carbocycles. The van der Waals surface area contributed by atoms with Gasteiger partial charge in [0.05, 0.1) is 6.54 Å². The van der Waals surface area contributed by atoms with Crippen molar-refractivity contribution in [2.45, 2.75) is 25.7 Å². The summed E-state index contributed by atoms with van der Waals surface area (Å²) in [4.78, 5) is 8.50. The smallest absolute Gasteiger partial charge is 0.133 e. The Kier molecular flexibility index (Phi) is 2.64. The molecule has 1 aliphatic carbocycles. The minimum atomic E-state index is 0.531. The molecule has 0 aliphatic heterocycles. The monoisotopic (exact) mass is 187 g/mol. The van der Waals surface area contributed by atoms with Crippen LogP contribution in [0.4, 0.5) is 5.82 Å². The summed E-state index contributed by atoms with van der Waals surface area (Å²) in [6, 6.07) is 0. The van der Waals surface area contributed by atoms with Crippen LogP contribution in [0.3, 0.4) is 0 Å². The number of hydrogen-bond acceptors (Lipinski definition) is 3. The van der Waals surface area contributed by atoms with Gasteiger partial charge in [-0.25, -0.2) is 9.97 Å². The normalized spacial score (nSPS) is 14.2. The lowest BCUT2D eigenvalue weighted by Crippen LogP contribution is -2.12. The molecule has 0 spiro atoms. The van der Waals surface area contributed by atoms with Crippen molar-refractivity contribution in [3.8, 4) is 12.3 Å². The van der Waals surface area contributed by atoms with E-state index < -0.39 is 0 Å². The molecule has 0 atom stereocenters. The van der Waals surface area contributed by atoms with Gasteiger partial charge in [0.1, 0.15) is 12.1 Å². The number of nitrogens with one attached hydrogen (secondary N) is 1. The molecule has 1 aromatic rings. The molecule has 3 nitrogen and oxygen atoms in total. The molecule has 1 N–H and O–H groups in total. The minimum Gasteiger partial charge on any atom is -0.359 e. The van der Waals surface area contributed by atoms with Gasteiger partial charge in [0.2, 0.25) is 0 Å². The van der Waals surface area contributed by atoms with Crippen molar-refractivity contribution in [3.63, 3.8) is 0 Å². The molecule has 3 heteroatoms.